The monoisotopic (exact) mass is 571 g/mol. The van der Waals surface area contributed by atoms with Crippen molar-refractivity contribution in [1.82, 2.24) is 4.98 Å². The van der Waals surface area contributed by atoms with Crippen molar-refractivity contribution in [2.45, 2.75) is 11.4 Å². The molecule has 208 valence electrons. The molecule has 0 atom stereocenters. The normalized spacial score (nSPS) is 10.5. The molecule has 5 rings (SSSR count). The number of benzene rings is 4. The van der Waals surface area contributed by atoms with Crippen LogP contribution in [0.4, 0.5) is 11.4 Å². The average Bonchev–Trinajstić information content (AvgIpc) is 3.05. The van der Waals surface area contributed by atoms with Gasteiger partial charge in [0.05, 0.1) is 25.5 Å². The molecular weight excluding hydrogens is 542 g/mol. The van der Waals surface area contributed by atoms with E-state index >= 15 is 0 Å². The van der Waals surface area contributed by atoms with E-state index in [9.17, 15) is 10.1 Å². The number of methoxy groups -OCH3 is 2. The van der Waals surface area contributed by atoms with E-state index in [1.807, 2.05) is 115 Å². The fourth-order valence-corrected chi connectivity index (χ4v) is 5.60. The molecule has 1 aromatic heterocycles. The van der Waals surface area contributed by atoms with Crippen molar-refractivity contribution in [3.05, 3.63) is 121 Å². The topological polar surface area (TPSA) is 75.5 Å². The Morgan fingerprint density at radius 2 is 1.43 bits per heavy atom. The quantitative estimate of drug-likeness (QED) is 0.158. The molecule has 0 spiro atoms. The van der Waals surface area contributed by atoms with Gasteiger partial charge < -0.3 is 9.47 Å². The highest BCUT2D eigenvalue weighted by atomic mass is 32.2. The number of anilines is 2. The summed E-state index contributed by atoms with van der Waals surface area (Å²) in [6.45, 7) is 0. The van der Waals surface area contributed by atoms with Gasteiger partial charge in [0.2, 0.25) is 5.91 Å². The molecule has 1 heterocycles. The molecule has 4 aromatic carbocycles. The van der Waals surface area contributed by atoms with Crippen molar-refractivity contribution in [3.63, 3.8) is 0 Å². The van der Waals surface area contributed by atoms with Gasteiger partial charge in [0.25, 0.3) is 0 Å². The number of rotatable bonds is 10. The smallest absolute Gasteiger partial charge is 0.232 e. The SMILES string of the molecule is COc1ccc(OC)c(-c2cc(-c3ccccc3)nc(SCCC(=O)N(c3ccccc3)c3ccccc3)c2C#N)c1. The number of hydrogen-bond acceptors (Lipinski definition) is 6. The van der Waals surface area contributed by atoms with Gasteiger partial charge in [0.1, 0.15) is 22.6 Å². The maximum Gasteiger partial charge on any atom is 0.232 e. The number of amides is 1. The second-order valence-electron chi connectivity index (χ2n) is 9.28. The van der Waals surface area contributed by atoms with Gasteiger partial charge in [-0.2, -0.15) is 5.26 Å². The van der Waals surface area contributed by atoms with Gasteiger partial charge in [-0.15, -0.1) is 11.8 Å². The van der Waals surface area contributed by atoms with Crippen LogP contribution in [0.5, 0.6) is 11.5 Å². The van der Waals surface area contributed by atoms with Gasteiger partial charge in [-0.05, 0) is 48.5 Å². The Hall–Kier alpha value is -5.06. The number of pyridine rings is 1. The Morgan fingerprint density at radius 1 is 0.810 bits per heavy atom. The molecule has 0 aliphatic carbocycles. The minimum absolute atomic E-state index is 0.0488. The fourth-order valence-electron chi connectivity index (χ4n) is 4.67. The molecule has 0 radical (unpaired) electrons. The first-order valence-electron chi connectivity index (χ1n) is 13.4. The Morgan fingerprint density at radius 3 is 2.00 bits per heavy atom. The van der Waals surface area contributed by atoms with Crippen LogP contribution in [0.3, 0.4) is 0 Å². The lowest BCUT2D eigenvalue weighted by atomic mass is 9.98. The van der Waals surface area contributed by atoms with Gasteiger partial charge in [0, 0.05) is 40.2 Å². The number of aromatic nitrogens is 1. The molecule has 0 fully saturated rings. The van der Waals surface area contributed by atoms with Crippen molar-refractivity contribution in [2.24, 2.45) is 0 Å². The highest BCUT2D eigenvalue weighted by Gasteiger charge is 2.21. The van der Waals surface area contributed by atoms with Gasteiger partial charge in [-0.1, -0.05) is 66.7 Å². The van der Waals surface area contributed by atoms with Crippen LogP contribution in [-0.4, -0.2) is 30.9 Å². The van der Waals surface area contributed by atoms with E-state index in [2.05, 4.69) is 6.07 Å². The lowest BCUT2D eigenvalue weighted by Gasteiger charge is -2.23. The number of carbonyl (C=O) groups is 1. The van der Waals surface area contributed by atoms with Gasteiger partial charge in [-0.3, -0.25) is 9.69 Å². The summed E-state index contributed by atoms with van der Waals surface area (Å²) in [7, 11) is 3.20. The van der Waals surface area contributed by atoms with Crippen molar-refractivity contribution in [2.75, 3.05) is 24.9 Å². The molecule has 0 unspecified atom stereocenters. The Balaban J connectivity index is 1.50. The molecule has 0 saturated heterocycles. The third kappa shape index (κ3) is 6.30. The summed E-state index contributed by atoms with van der Waals surface area (Å²) in [4.78, 5) is 20.2. The third-order valence-electron chi connectivity index (χ3n) is 6.70. The van der Waals surface area contributed by atoms with Crippen molar-refractivity contribution in [1.29, 1.82) is 5.26 Å². The summed E-state index contributed by atoms with van der Waals surface area (Å²) >= 11 is 1.40. The molecular formula is C35H29N3O3S. The second kappa shape index (κ2) is 13.5. The molecule has 0 aliphatic rings. The van der Waals surface area contributed by atoms with Crippen LogP contribution in [0, 0.1) is 11.3 Å². The lowest BCUT2D eigenvalue weighted by Crippen LogP contribution is -2.26. The molecule has 5 aromatic rings. The summed E-state index contributed by atoms with van der Waals surface area (Å²) in [5.74, 6) is 1.65. The van der Waals surface area contributed by atoms with E-state index in [0.717, 1.165) is 28.2 Å². The van der Waals surface area contributed by atoms with Crippen LogP contribution in [0.1, 0.15) is 12.0 Å². The summed E-state index contributed by atoms with van der Waals surface area (Å²) in [5.41, 5.74) is 5.07. The molecule has 42 heavy (non-hydrogen) atoms. The summed E-state index contributed by atoms with van der Waals surface area (Å²) in [6, 6.07) is 38.8. The highest BCUT2D eigenvalue weighted by molar-refractivity contribution is 7.99. The van der Waals surface area contributed by atoms with E-state index in [1.54, 1.807) is 19.1 Å². The minimum atomic E-state index is -0.0488. The molecule has 0 saturated carbocycles. The molecule has 0 N–H and O–H groups in total. The summed E-state index contributed by atoms with van der Waals surface area (Å²) in [6.07, 6.45) is 0.244. The second-order valence-corrected chi connectivity index (χ2v) is 10.4. The van der Waals surface area contributed by atoms with Crippen molar-refractivity contribution >= 4 is 29.0 Å². The maximum atomic E-state index is 13.6. The number of nitrogens with zero attached hydrogens (tertiary/aromatic N) is 3. The van der Waals surface area contributed by atoms with Crippen LogP contribution in [-0.2, 0) is 4.79 Å². The number of hydrogen-bond donors (Lipinski definition) is 0. The third-order valence-corrected chi connectivity index (χ3v) is 7.67. The predicted molar refractivity (Wildman–Crippen MR) is 168 cm³/mol. The van der Waals surface area contributed by atoms with E-state index in [1.165, 1.54) is 11.8 Å². The van der Waals surface area contributed by atoms with E-state index in [-0.39, 0.29) is 12.3 Å². The van der Waals surface area contributed by atoms with Crippen LogP contribution in [0.15, 0.2) is 120 Å². The van der Waals surface area contributed by atoms with Crippen LogP contribution < -0.4 is 14.4 Å². The first-order valence-corrected chi connectivity index (χ1v) is 14.4. The lowest BCUT2D eigenvalue weighted by molar-refractivity contribution is -0.117. The van der Waals surface area contributed by atoms with E-state index in [4.69, 9.17) is 14.5 Å². The zero-order chi connectivity index (χ0) is 29.3. The van der Waals surface area contributed by atoms with Crippen molar-refractivity contribution < 1.29 is 14.3 Å². The molecule has 6 nitrogen and oxygen atoms in total. The van der Waals surface area contributed by atoms with Crippen LogP contribution in [0.2, 0.25) is 0 Å². The van der Waals surface area contributed by atoms with Gasteiger partial charge >= 0.3 is 0 Å². The number of ether oxygens (including phenoxy) is 2. The molecule has 0 bridgehead atoms. The zero-order valence-corrected chi connectivity index (χ0v) is 24.2. The van der Waals surface area contributed by atoms with E-state index in [0.29, 0.717) is 33.4 Å². The van der Waals surface area contributed by atoms with Gasteiger partial charge in [0.15, 0.2) is 0 Å². The number of thioether (sulfide) groups is 1. The standard InChI is InChI=1S/C35H29N3O3S/c1-40-28-18-19-33(41-2)30(22-28)29-23-32(25-12-6-3-7-13-25)37-35(31(29)24-36)42-21-20-34(39)38(26-14-8-4-9-15-26)27-16-10-5-11-17-27/h3-19,22-23H,20-21H2,1-2H3. The minimum Gasteiger partial charge on any atom is -0.497 e. The first kappa shape index (κ1) is 28.5. The fraction of sp³-hybridized carbons (Fsp3) is 0.114. The molecule has 0 aliphatic heterocycles. The Labute approximate surface area is 250 Å². The van der Waals surface area contributed by atoms with Crippen LogP contribution in [0.25, 0.3) is 22.4 Å². The van der Waals surface area contributed by atoms with Gasteiger partial charge in [-0.25, -0.2) is 4.98 Å². The Bertz CT molecular complexity index is 1670. The zero-order valence-electron chi connectivity index (χ0n) is 23.4. The Kier molecular flexibility index (Phi) is 9.17. The summed E-state index contributed by atoms with van der Waals surface area (Å²) in [5, 5.41) is 10.9. The molecule has 1 amide bonds. The van der Waals surface area contributed by atoms with Crippen LogP contribution >= 0.6 is 11.8 Å². The number of nitriles is 1. The largest absolute Gasteiger partial charge is 0.497 e. The summed E-state index contributed by atoms with van der Waals surface area (Å²) < 4.78 is 11.1. The average molecular weight is 572 g/mol. The van der Waals surface area contributed by atoms with Crippen molar-refractivity contribution in [3.8, 4) is 40.0 Å². The molecule has 7 heteroatoms. The first-order chi connectivity index (χ1) is 20.6. The predicted octanol–water partition coefficient (Wildman–Crippen LogP) is 8.15. The van der Waals surface area contributed by atoms with E-state index < -0.39 is 0 Å². The maximum absolute atomic E-state index is 13.6. The number of carbonyl (C=O) groups excluding carboxylic acids is 1. The number of para-hydroxylation sites is 2. The highest BCUT2D eigenvalue weighted by Crippen LogP contribution is 2.40.